The molecule has 1 aromatic carbocycles. The van der Waals surface area contributed by atoms with E-state index in [1.165, 1.54) is 22.9 Å². The van der Waals surface area contributed by atoms with Crippen LogP contribution in [-0.4, -0.2) is 14.8 Å². The topological polar surface area (TPSA) is 41.6 Å². The molecule has 1 atom stereocenters. The van der Waals surface area contributed by atoms with E-state index in [-0.39, 0.29) is 5.25 Å². The molecule has 0 saturated carbocycles. The smallest absolute Gasteiger partial charge is 0.168 e. The van der Waals surface area contributed by atoms with Crippen molar-refractivity contribution in [1.82, 2.24) is 9.55 Å². The van der Waals surface area contributed by atoms with Gasteiger partial charge in [0.05, 0.1) is 6.07 Å². The van der Waals surface area contributed by atoms with Gasteiger partial charge in [-0.3, -0.25) is 0 Å². The Hall–Kier alpha value is -1.73. The summed E-state index contributed by atoms with van der Waals surface area (Å²) in [5.41, 5.74) is 2.43. The zero-order chi connectivity index (χ0) is 13.0. The van der Waals surface area contributed by atoms with Crippen LogP contribution in [0.4, 0.5) is 0 Å². The van der Waals surface area contributed by atoms with Crippen molar-refractivity contribution in [2.24, 2.45) is 7.05 Å². The molecule has 0 aliphatic carbocycles. The first kappa shape index (κ1) is 12.7. The lowest BCUT2D eigenvalue weighted by atomic mass is 10.1. The number of rotatable bonds is 4. The summed E-state index contributed by atoms with van der Waals surface area (Å²) in [7, 11) is 1.94. The highest BCUT2D eigenvalue weighted by molar-refractivity contribution is 8.00. The lowest BCUT2D eigenvalue weighted by Crippen LogP contribution is -2.05. The zero-order valence-corrected chi connectivity index (χ0v) is 11.3. The Balaban J connectivity index is 2.04. The van der Waals surface area contributed by atoms with E-state index in [4.69, 9.17) is 0 Å². The summed E-state index contributed by atoms with van der Waals surface area (Å²) >= 11 is 1.51. The van der Waals surface area contributed by atoms with Gasteiger partial charge >= 0.3 is 0 Å². The van der Waals surface area contributed by atoms with Gasteiger partial charge in [0.15, 0.2) is 5.16 Å². The largest absolute Gasteiger partial charge is 0.329 e. The molecule has 0 aliphatic heterocycles. The maximum Gasteiger partial charge on any atom is 0.168 e. The SMILES string of the molecule is Cc1ccc(C[C@@H](C#N)Sc2nccn2C)cc1. The number of nitrogens with zero attached hydrogens (tertiary/aromatic N) is 3. The number of aromatic nitrogens is 2. The van der Waals surface area contributed by atoms with Gasteiger partial charge in [0.1, 0.15) is 5.25 Å². The fourth-order valence-corrected chi connectivity index (χ4v) is 2.58. The second kappa shape index (κ2) is 5.74. The lowest BCUT2D eigenvalue weighted by Gasteiger charge is -2.08. The molecular weight excluding hydrogens is 242 g/mol. The number of hydrogen-bond donors (Lipinski definition) is 0. The molecule has 3 nitrogen and oxygen atoms in total. The van der Waals surface area contributed by atoms with Gasteiger partial charge in [-0.05, 0) is 18.9 Å². The molecule has 0 amide bonds. The molecule has 4 heteroatoms. The molecular formula is C14H15N3S. The van der Waals surface area contributed by atoms with Crippen molar-refractivity contribution in [3.05, 3.63) is 47.8 Å². The fraction of sp³-hybridized carbons (Fsp3) is 0.286. The molecule has 1 heterocycles. The first-order valence-electron chi connectivity index (χ1n) is 5.78. The average molecular weight is 257 g/mol. The highest BCUT2D eigenvalue weighted by Gasteiger charge is 2.13. The van der Waals surface area contributed by atoms with Crippen LogP contribution in [0, 0.1) is 18.3 Å². The fourth-order valence-electron chi connectivity index (χ4n) is 1.64. The second-order valence-electron chi connectivity index (χ2n) is 4.25. The summed E-state index contributed by atoms with van der Waals surface area (Å²) in [6.45, 7) is 2.06. The first-order valence-corrected chi connectivity index (χ1v) is 6.66. The third kappa shape index (κ3) is 3.14. The highest BCUT2D eigenvalue weighted by atomic mass is 32.2. The number of nitriles is 1. The molecule has 2 rings (SSSR count). The van der Waals surface area contributed by atoms with Crippen molar-refractivity contribution in [2.75, 3.05) is 0 Å². The summed E-state index contributed by atoms with van der Waals surface area (Å²) in [6.07, 6.45) is 4.39. The second-order valence-corrected chi connectivity index (χ2v) is 5.42. The predicted octanol–water partition coefficient (Wildman–Crippen LogP) is 2.96. The minimum absolute atomic E-state index is 0.103. The third-order valence-electron chi connectivity index (χ3n) is 2.71. The summed E-state index contributed by atoms with van der Waals surface area (Å²) < 4.78 is 1.93. The van der Waals surface area contributed by atoms with Crippen LogP contribution >= 0.6 is 11.8 Å². The van der Waals surface area contributed by atoms with E-state index in [0.29, 0.717) is 0 Å². The van der Waals surface area contributed by atoms with Crippen molar-refractivity contribution < 1.29 is 0 Å². The van der Waals surface area contributed by atoms with Gasteiger partial charge < -0.3 is 4.57 Å². The van der Waals surface area contributed by atoms with E-state index >= 15 is 0 Å². The molecule has 0 spiro atoms. The zero-order valence-electron chi connectivity index (χ0n) is 10.5. The molecule has 0 unspecified atom stereocenters. The molecule has 2 aromatic rings. The van der Waals surface area contributed by atoms with Crippen LogP contribution in [0.25, 0.3) is 0 Å². The molecule has 18 heavy (non-hydrogen) atoms. The summed E-state index contributed by atoms with van der Waals surface area (Å²) in [5.74, 6) is 0. The van der Waals surface area contributed by atoms with Crippen molar-refractivity contribution >= 4 is 11.8 Å². The van der Waals surface area contributed by atoms with Gasteiger partial charge in [-0.1, -0.05) is 41.6 Å². The van der Waals surface area contributed by atoms with Gasteiger partial charge in [0, 0.05) is 19.4 Å². The number of thioether (sulfide) groups is 1. The maximum atomic E-state index is 9.22. The highest BCUT2D eigenvalue weighted by Crippen LogP contribution is 2.23. The number of imidazole rings is 1. The van der Waals surface area contributed by atoms with Gasteiger partial charge in [0.25, 0.3) is 0 Å². The molecule has 0 fully saturated rings. The van der Waals surface area contributed by atoms with Crippen LogP contribution in [0.5, 0.6) is 0 Å². The Kier molecular flexibility index (Phi) is 4.06. The minimum Gasteiger partial charge on any atom is -0.329 e. The van der Waals surface area contributed by atoms with E-state index in [0.717, 1.165) is 11.6 Å². The van der Waals surface area contributed by atoms with E-state index < -0.39 is 0 Å². The van der Waals surface area contributed by atoms with E-state index in [2.05, 4.69) is 42.2 Å². The molecule has 0 radical (unpaired) electrons. The van der Waals surface area contributed by atoms with Crippen LogP contribution in [0.1, 0.15) is 11.1 Å². The average Bonchev–Trinajstić information content (AvgIpc) is 2.77. The molecule has 0 aliphatic rings. The number of benzene rings is 1. The number of hydrogen-bond acceptors (Lipinski definition) is 3. The Labute approximate surface area is 111 Å². The van der Waals surface area contributed by atoms with Gasteiger partial charge in [-0.15, -0.1) is 0 Å². The molecule has 0 N–H and O–H groups in total. The Morgan fingerprint density at radius 2 is 2.11 bits per heavy atom. The van der Waals surface area contributed by atoms with Crippen LogP contribution in [0.2, 0.25) is 0 Å². The minimum atomic E-state index is -0.103. The number of aryl methyl sites for hydroxylation is 2. The Morgan fingerprint density at radius 1 is 1.39 bits per heavy atom. The predicted molar refractivity (Wildman–Crippen MR) is 73.3 cm³/mol. The van der Waals surface area contributed by atoms with Crippen LogP contribution < -0.4 is 0 Å². The third-order valence-corrected chi connectivity index (χ3v) is 3.87. The first-order chi connectivity index (χ1) is 8.69. The monoisotopic (exact) mass is 257 g/mol. The van der Waals surface area contributed by atoms with Gasteiger partial charge in [-0.25, -0.2) is 4.98 Å². The quantitative estimate of drug-likeness (QED) is 0.791. The summed E-state index contributed by atoms with van der Waals surface area (Å²) in [5, 5.41) is 10.0. The molecule has 0 bridgehead atoms. The van der Waals surface area contributed by atoms with Crippen LogP contribution in [0.3, 0.4) is 0 Å². The molecule has 92 valence electrons. The van der Waals surface area contributed by atoms with Crippen LogP contribution in [0.15, 0.2) is 41.8 Å². The summed E-state index contributed by atoms with van der Waals surface area (Å²) in [6, 6.07) is 10.7. The van der Waals surface area contributed by atoms with Crippen molar-refractivity contribution in [1.29, 1.82) is 5.26 Å². The van der Waals surface area contributed by atoms with Gasteiger partial charge in [0.2, 0.25) is 0 Å². The van der Waals surface area contributed by atoms with E-state index in [1.54, 1.807) is 6.20 Å². The maximum absolute atomic E-state index is 9.22. The summed E-state index contributed by atoms with van der Waals surface area (Å²) in [4.78, 5) is 4.23. The van der Waals surface area contributed by atoms with Crippen molar-refractivity contribution in [3.63, 3.8) is 0 Å². The van der Waals surface area contributed by atoms with E-state index in [9.17, 15) is 5.26 Å². The Bertz CT molecular complexity index is 551. The van der Waals surface area contributed by atoms with Gasteiger partial charge in [-0.2, -0.15) is 5.26 Å². The molecule has 0 saturated heterocycles. The van der Waals surface area contributed by atoms with Crippen LogP contribution in [-0.2, 0) is 13.5 Å². The molecule has 1 aromatic heterocycles. The van der Waals surface area contributed by atoms with Crippen molar-refractivity contribution in [2.45, 2.75) is 23.8 Å². The Morgan fingerprint density at radius 3 is 2.67 bits per heavy atom. The standard InChI is InChI=1S/C14H15N3S/c1-11-3-5-12(6-4-11)9-13(10-15)18-14-16-7-8-17(14)2/h3-8,13H,9H2,1-2H3/t13-/m0/s1. The lowest BCUT2D eigenvalue weighted by molar-refractivity contribution is 0.787. The van der Waals surface area contributed by atoms with Crippen molar-refractivity contribution in [3.8, 4) is 6.07 Å². The normalized spacial score (nSPS) is 12.1. The van der Waals surface area contributed by atoms with E-state index in [1.807, 2.05) is 17.8 Å².